The predicted molar refractivity (Wildman–Crippen MR) is 84.9 cm³/mol. The molecule has 1 amide bonds. The Balaban J connectivity index is 1.49. The fourth-order valence-electron chi connectivity index (χ4n) is 2.57. The summed E-state index contributed by atoms with van der Waals surface area (Å²) in [6, 6.07) is 0. The van der Waals surface area contributed by atoms with Crippen LogP contribution >= 0.6 is 11.8 Å². The van der Waals surface area contributed by atoms with E-state index in [0.29, 0.717) is 24.8 Å². The number of rotatable bonds is 8. The van der Waals surface area contributed by atoms with Crippen molar-refractivity contribution in [3.63, 3.8) is 0 Å². The number of amides is 1. The highest BCUT2D eigenvalue weighted by Crippen LogP contribution is 2.40. The average Bonchev–Trinajstić information content (AvgIpc) is 3.08. The lowest BCUT2D eigenvalue weighted by Gasteiger charge is -2.10. The molecule has 0 spiro atoms. The number of aromatic nitrogens is 3. The highest BCUT2D eigenvalue weighted by atomic mass is 32.2. The maximum Gasteiger partial charge on any atom is 0.230 e. The second kappa shape index (κ2) is 7.28. The zero-order chi connectivity index (χ0) is 15.4. The van der Waals surface area contributed by atoms with Crippen molar-refractivity contribution < 1.29 is 9.53 Å². The van der Waals surface area contributed by atoms with E-state index in [2.05, 4.69) is 26.7 Å². The number of ether oxygens (including phenoxy) is 1. The summed E-state index contributed by atoms with van der Waals surface area (Å²) >= 11 is 1.43. The highest BCUT2D eigenvalue weighted by Gasteiger charge is 2.30. The van der Waals surface area contributed by atoms with Gasteiger partial charge in [-0.3, -0.25) is 4.79 Å². The Hall–Kier alpha value is -1.34. The molecule has 0 radical (unpaired) electrons. The highest BCUT2D eigenvalue weighted by molar-refractivity contribution is 7.99. The molecular weight excluding hydrogens is 300 g/mol. The summed E-state index contributed by atoms with van der Waals surface area (Å²) in [6.07, 6.45) is 6.51. The van der Waals surface area contributed by atoms with E-state index in [0.717, 1.165) is 30.4 Å². The minimum absolute atomic E-state index is 0.0154. The number of carbonyl (C=O) groups is 1. The van der Waals surface area contributed by atoms with Crippen LogP contribution in [0.5, 0.6) is 0 Å². The molecule has 1 aromatic rings. The van der Waals surface area contributed by atoms with Crippen LogP contribution in [0.25, 0.3) is 0 Å². The van der Waals surface area contributed by atoms with Crippen LogP contribution in [0.2, 0.25) is 0 Å². The smallest absolute Gasteiger partial charge is 0.230 e. The molecule has 1 atom stereocenters. The van der Waals surface area contributed by atoms with Crippen LogP contribution in [0.15, 0.2) is 17.8 Å². The molecule has 1 aromatic heterocycles. The predicted octanol–water partition coefficient (Wildman–Crippen LogP) is 1.73. The maximum atomic E-state index is 11.9. The van der Waals surface area contributed by atoms with Crippen molar-refractivity contribution in [3.8, 4) is 0 Å². The Morgan fingerprint density at radius 2 is 2.32 bits per heavy atom. The summed E-state index contributed by atoms with van der Waals surface area (Å²) in [5.74, 6) is 1.94. The first-order chi connectivity index (χ1) is 10.8. The van der Waals surface area contributed by atoms with Gasteiger partial charge in [-0.15, -0.1) is 16.8 Å². The van der Waals surface area contributed by atoms with Crippen LogP contribution in [0.1, 0.15) is 37.4 Å². The molecule has 1 saturated carbocycles. The van der Waals surface area contributed by atoms with Crippen molar-refractivity contribution >= 4 is 17.7 Å². The second-order valence-corrected chi connectivity index (χ2v) is 6.68. The Labute approximate surface area is 134 Å². The van der Waals surface area contributed by atoms with Crippen molar-refractivity contribution in [3.05, 3.63) is 18.5 Å². The fourth-order valence-corrected chi connectivity index (χ4v) is 3.35. The Morgan fingerprint density at radius 3 is 3.00 bits per heavy atom. The molecule has 120 valence electrons. The second-order valence-electron chi connectivity index (χ2n) is 5.74. The molecule has 3 rings (SSSR count). The van der Waals surface area contributed by atoms with Gasteiger partial charge in [0.15, 0.2) is 5.16 Å². The van der Waals surface area contributed by atoms with E-state index in [4.69, 9.17) is 4.74 Å². The largest absolute Gasteiger partial charge is 0.376 e. The van der Waals surface area contributed by atoms with Gasteiger partial charge in [0, 0.05) is 25.6 Å². The third-order valence-electron chi connectivity index (χ3n) is 3.88. The molecule has 2 aliphatic rings. The average molecular weight is 322 g/mol. The minimum Gasteiger partial charge on any atom is -0.376 e. The molecule has 0 aromatic carbocycles. The van der Waals surface area contributed by atoms with Crippen molar-refractivity contribution in [1.82, 2.24) is 20.1 Å². The van der Waals surface area contributed by atoms with Gasteiger partial charge in [0.25, 0.3) is 0 Å². The molecule has 0 bridgehead atoms. The molecule has 22 heavy (non-hydrogen) atoms. The number of allylic oxidation sites excluding steroid dienone is 1. The maximum absolute atomic E-state index is 11.9. The summed E-state index contributed by atoms with van der Waals surface area (Å²) in [5.41, 5.74) is 0. The zero-order valence-electron chi connectivity index (χ0n) is 12.7. The van der Waals surface area contributed by atoms with Crippen molar-refractivity contribution in [2.75, 3.05) is 18.9 Å². The van der Waals surface area contributed by atoms with E-state index in [9.17, 15) is 4.79 Å². The number of hydrogen-bond acceptors (Lipinski definition) is 5. The van der Waals surface area contributed by atoms with Gasteiger partial charge in [0.05, 0.1) is 11.9 Å². The van der Waals surface area contributed by atoms with Gasteiger partial charge in [-0.05, 0) is 25.7 Å². The molecular formula is C15H22N4O2S. The summed E-state index contributed by atoms with van der Waals surface area (Å²) in [4.78, 5) is 11.9. The summed E-state index contributed by atoms with van der Waals surface area (Å²) in [6.45, 7) is 5.89. The van der Waals surface area contributed by atoms with Gasteiger partial charge in [-0.2, -0.15) is 0 Å². The van der Waals surface area contributed by atoms with Gasteiger partial charge in [-0.25, -0.2) is 0 Å². The van der Waals surface area contributed by atoms with Crippen molar-refractivity contribution in [2.45, 2.75) is 49.4 Å². The lowest BCUT2D eigenvalue weighted by molar-refractivity contribution is -0.119. The molecule has 1 unspecified atom stereocenters. The van der Waals surface area contributed by atoms with Gasteiger partial charge < -0.3 is 14.6 Å². The number of thioether (sulfide) groups is 1. The number of nitrogens with zero attached hydrogens (tertiary/aromatic N) is 3. The van der Waals surface area contributed by atoms with E-state index >= 15 is 0 Å². The van der Waals surface area contributed by atoms with E-state index in [1.165, 1.54) is 24.6 Å². The molecule has 1 aliphatic carbocycles. The topological polar surface area (TPSA) is 69.0 Å². The molecule has 2 heterocycles. The SMILES string of the molecule is C=CCn1c(SCC(=O)NCC2CCCO2)nnc1C1CC1. The van der Waals surface area contributed by atoms with E-state index in [1.807, 2.05) is 6.08 Å². The summed E-state index contributed by atoms with van der Waals surface area (Å²) in [5, 5.41) is 12.2. The first-order valence-electron chi connectivity index (χ1n) is 7.83. The molecule has 7 heteroatoms. The van der Waals surface area contributed by atoms with E-state index in [1.54, 1.807) is 0 Å². The standard InChI is InChI=1S/C15H22N4O2S/c1-2-7-19-14(11-5-6-11)17-18-15(19)22-10-13(20)16-9-12-4-3-8-21-12/h2,11-12H,1,3-10H2,(H,16,20). The number of nitrogens with one attached hydrogen (secondary N) is 1. The monoisotopic (exact) mass is 322 g/mol. The van der Waals surface area contributed by atoms with Crippen LogP contribution in [-0.4, -0.2) is 45.7 Å². The van der Waals surface area contributed by atoms with Gasteiger partial charge in [0.2, 0.25) is 5.91 Å². The minimum atomic E-state index is 0.0154. The third kappa shape index (κ3) is 3.89. The first kappa shape index (κ1) is 15.6. The van der Waals surface area contributed by atoms with Crippen LogP contribution in [-0.2, 0) is 16.1 Å². The van der Waals surface area contributed by atoms with E-state index < -0.39 is 0 Å². The summed E-state index contributed by atoms with van der Waals surface area (Å²) in [7, 11) is 0. The normalized spacial score (nSPS) is 21.0. The van der Waals surface area contributed by atoms with Crippen LogP contribution < -0.4 is 5.32 Å². The van der Waals surface area contributed by atoms with Crippen LogP contribution in [0, 0.1) is 0 Å². The summed E-state index contributed by atoms with van der Waals surface area (Å²) < 4.78 is 7.57. The Bertz CT molecular complexity index is 536. The van der Waals surface area contributed by atoms with Gasteiger partial charge in [0.1, 0.15) is 5.82 Å². The number of carbonyl (C=O) groups excluding carboxylic acids is 1. The zero-order valence-corrected chi connectivity index (χ0v) is 13.5. The number of hydrogen-bond donors (Lipinski definition) is 1. The lowest BCUT2D eigenvalue weighted by Crippen LogP contribution is -2.32. The molecule has 1 N–H and O–H groups in total. The van der Waals surface area contributed by atoms with Gasteiger partial charge in [-0.1, -0.05) is 17.8 Å². The van der Waals surface area contributed by atoms with E-state index in [-0.39, 0.29) is 12.0 Å². The Morgan fingerprint density at radius 1 is 1.45 bits per heavy atom. The third-order valence-corrected chi connectivity index (χ3v) is 4.85. The first-order valence-corrected chi connectivity index (χ1v) is 8.81. The fraction of sp³-hybridized carbons (Fsp3) is 0.667. The van der Waals surface area contributed by atoms with Gasteiger partial charge >= 0.3 is 0 Å². The van der Waals surface area contributed by atoms with Crippen LogP contribution in [0.4, 0.5) is 0 Å². The molecule has 1 aliphatic heterocycles. The van der Waals surface area contributed by atoms with Crippen molar-refractivity contribution in [2.24, 2.45) is 0 Å². The molecule has 2 fully saturated rings. The van der Waals surface area contributed by atoms with Crippen LogP contribution in [0.3, 0.4) is 0 Å². The molecule has 6 nitrogen and oxygen atoms in total. The molecule has 1 saturated heterocycles. The van der Waals surface area contributed by atoms with Crippen molar-refractivity contribution in [1.29, 1.82) is 0 Å². The quantitative estimate of drug-likeness (QED) is 0.583. The Kier molecular flexibility index (Phi) is 5.15. The lowest BCUT2D eigenvalue weighted by atomic mass is 10.2.